The van der Waals surface area contributed by atoms with Crippen LogP contribution in [0.1, 0.15) is 5.56 Å². The molecule has 0 N–H and O–H groups in total. The van der Waals surface area contributed by atoms with Crippen LogP contribution in [-0.4, -0.2) is 14.2 Å². The molecule has 0 unspecified atom stereocenters. The Kier molecular flexibility index (Phi) is 3.67. The summed E-state index contributed by atoms with van der Waals surface area (Å²) in [6, 6.07) is 8.10. The first-order valence-corrected chi connectivity index (χ1v) is 4.91. The van der Waals surface area contributed by atoms with Crippen molar-refractivity contribution >= 4 is 13.7 Å². The van der Waals surface area contributed by atoms with E-state index in [2.05, 4.69) is 13.0 Å². The Bertz CT molecular complexity index is 246. The van der Waals surface area contributed by atoms with Gasteiger partial charge in [0.05, 0.1) is 0 Å². The van der Waals surface area contributed by atoms with Gasteiger partial charge in [-0.1, -0.05) is 18.2 Å². The van der Waals surface area contributed by atoms with Gasteiger partial charge in [0.1, 0.15) is 0 Å². The van der Waals surface area contributed by atoms with Crippen LogP contribution in [0.25, 0.3) is 0 Å². The van der Waals surface area contributed by atoms with Gasteiger partial charge in [0.2, 0.25) is 8.38 Å². The number of hydrogen-bond acceptors (Lipinski definition) is 2. The van der Waals surface area contributed by atoms with Crippen molar-refractivity contribution in [1.82, 2.24) is 0 Å². The molecule has 0 fully saturated rings. The highest BCUT2D eigenvalue weighted by Gasteiger charge is 2.11. The SMILES string of the molecule is COP(OC)c1ccccc1C. The molecule has 0 amide bonds. The molecular weight excluding hydrogens is 171 g/mol. The summed E-state index contributed by atoms with van der Waals surface area (Å²) in [7, 11) is 2.46. The van der Waals surface area contributed by atoms with Crippen LogP contribution in [0.4, 0.5) is 0 Å². The van der Waals surface area contributed by atoms with Gasteiger partial charge in [0, 0.05) is 19.5 Å². The van der Waals surface area contributed by atoms with Crippen LogP contribution < -0.4 is 5.30 Å². The Morgan fingerprint density at radius 1 is 1.08 bits per heavy atom. The Morgan fingerprint density at radius 2 is 1.67 bits per heavy atom. The minimum atomic E-state index is -0.872. The zero-order chi connectivity index (χ0) is 8.97. The van der Waals surface area contributed by atoms with Crippen molar-refractivity contribution in [2.45, 2.75) is 6.92 Å². The topological polar surface area (TPSA) is 18.5 Å². The van der Waals surface area contributed by atoms with Gasteiger partial charge in [0.15, 0.2) is 0 Å². The minimum absolute atomic E-state index is 0.872. The Morgan fingerprint density at radius 3 is 2.17 bits per heavy atom. The van der Waals surface area contributed by atoms with Crippen LogP contribution in [0, 0.1) is 6.92 Å². The van der Waals surface area contributed by atoms with Crippen LogP contribution in [0.5, 0.6) is 0 Å². The fraction of sp³-hybridized carbons (Fsp3) is 0.333. The number of hydrogen-bond donors (Lipinski definition) is 0. The maximum Gasteiger partial charge on any atom is 0.204 e. The van der Waals surface area contributed by atoms with E-state index in [0.29, 0.717) is 0 Å². The third-order valence-corrected chi connectivity index (χ3v) is 3.20. The Balaban J connectivity index is 2.92. The van der Waals surface area contributed by atoms with Gasteiger partial charge in [-0.3, -0.25) is 0 Å². The minimum Gasteiger partial charge on any atom is -0.334 e. The molecule has 0 saturated heterocycles. The van der Waals surface area contributed by atoms with Crippen LogP contribution in [-0.2, 0) is 9.05 Å². The molecule has 0 saturated carbocycles. The zero-order valence-corrected chi connectivity index (χ0v) is 8.47. The fourth-order valence-electron chi connectivity index (χ4n) is 1.04. The van der Waals surface area contributed by atoms with Crippen LogP contribution in [0.15, 0.2) is 24.3 Å². The third-order valence-electron chi connectivity index (χ3n) is 1.64. The van der Waals surface area contributed by atoms with Crippen molar-refractivity contribution in [1.29, 1.82) is 0 Å². The molecule has 1 rings (SSSR count). The largest absolute Gasteiger partial charge is 0.334 e. The highest BCUT2D eigenvalue weighted by Crippen LogP contribution is 2.35. The van der Waals surface area contributed by atoms with E-state index in [1.807, 2.05) is 18.2 Å². The first-order chi connectivity index (χ1) is 5.79. The summed E-state index contributed by atoms with van der Waals surface area (Å²) in [6.07, 6.45) is 0. The normalized spacial score (nSPS) is 10.7. The summed E-state index contributed by atoms with van der Waals surface area (Å²) in [4.78, 5) is 0. The molecule has 2 nitrogen and oxygen atoms in total. The second-order valence-electron chi connectivity index (χ2n) is 2.41. The average Bonchev–Trinajstić information content (AvgIpc) is 2.10. The predicted molar refractivity (Wildman–Crippen MR) is 51.8 cm³/mol. The lowest BCUT2D eigenvalue weighted by molar-refractivity contribution is 0.350. The van der Waals surface area contributed by atoms with Crippen molar-refractivity contribution in [3.05, 3.63) is 29.8 Å². The molecule has 1 aromatic rings. The van der Waals surface area contributed by atoms with Crippen molar-refractivity contribution in [2.24, 2.45) is 0 Å². The molecule has 12 heavy (non-hydrogen) atoms. The van der Waals surface area contributed by atoms with E-state index in [0.717, 1.165) is 5.30 Å². The maximum absolute atomic E-state index is 5.21. The molecule has 0 aliphatic rings. The van der Waals surface area contributed by atoms with E-state index in [4.69, 9.17) is 9.05 Å². The van der Waals surface area contributed by atoms with Crippen LogP contribution in [0.3, 0.4) is 0 Å². The summed E-state index contributed by atoms with van der Waals surface area (Å²) in [6.45, 7) is 2.06. The van der Waals surface area contributed by atoms with Gasteiger partial charge >= 0.3 is 0 Å². The van der Waals surface area contributed by atoms with Gasteiger partial charge in [-0.05, 0) is 18.6 Å². The van der Waals surface area contributed by atoms with E-state index in [1.165, 1.54) is 5.56 Å². The average molecular weight is 184 g/mol. The summed E-state index contributed by atoms with van der Waals surface area (Å²) in [5.74, 6) is 0. The van der Waals surface area contributed by atoms with E-state index >= 15 is 0 Å². The third kappa shape index (κ3) is 2.04. The first-order valence-electron chi connectivity index (χ1n) is 3.73. The lowest BCUT2D eigenvalue weighted by Crippen LogP contribution is -2.06. The van der Waals surface area contributed by atoms with Gasteiger partial charge in [0.25, 0.3) is 0 Å². The summed E-state index contributed by atoms with van der Waals surface area (Å²) in [5.41, 5.74) is 1.22. The first kappa shape index (κ1) is 9.66. The van der Waals surface area contributed by atoms with E-state index in [1.54, 1.807) is 14.2 Å². The fourth-order valence-corrected chi connectivity index (χ4v) is 2.15. The molecule has 66 valence electrons. The van der Waals surface area contributed by atoms with Crippen LogP contribution in [0.2, 0.25) is 0 Å². The van der Waals surface area contributed by atoms with E-state index in [-0.39, 0.29) is 0 Å². The Labute approximate surface area is 74.4 Å². The molecule has 0 radical (unpaired) electrons. The standard InChI is InChI=1S/C9H13O2P/c1-8-6-4-5-7-9(8)12(10-2)11-3/h4-7H,1-3H3. The monoisotopic (exact) mass is 184 g/mol. The second-order valence-corrected chi connectivity index (χ2v) is 4.14. The molecule has 0 heterocycles. The van der Waals surface area contributed by atoms with Crippen molar-refractivity contribution < 1.29 is 9.05 Å². The second kappa shape index (κ2) is 4.56. The van der Waals surface area contributed by atoms with Gasteiger partial charge in [-0.25, -0.2) is 0 Å². The lowest BCUT2D eigenvalue weighted by Gasteiger charge is -2.13. The summed E-state index contributed by atoms with van der Waals surface area (Å²) in [5, 5.41) is 1.15. The molecule has 1 aromatic carbocycles. The zero-order valence-electron chi connectivity index (χ0n) is 7.57. The molecule has 0 aromatic heterocycles. The van der Waals surface area contributed by atoms with E-state index in [9.17, 15) is 0 Å². The van der Waals surface area contributed by atoms with Gasteiger partial charge < -0.3 is 9.05 Å². The lowest BCUT2D eigenvalue weighted by atomic mass is 10.2. The van der Waals surface area contributed by atoms with Crippen LogP contribution >= 0.6 is 8.38 Å². The van der Waals surface area contributed by atoms with Gasteiger partial charge in [-0.2, -0.15) is 0 Å². The molecule has 0 aliphatic heterocycles. The molecule has 3 heteroatoms. The van der Waals surface area contributed by atoms with E-state index < -0.39 is 8.38 Å². The smallest absolute Gasteiger partial charge is 0.204 e. The van der Waals surface area contributed by atoms with Gasteiger partial charge in [-0.15, -0.1) is 0 Å². The van der Waals surface area contributed by atoms with Crippen molar-refractivity contribution in [3.63, 3.8) is 0 Å². The summed E-state index contributed by atoms with van der Waals surface area (Å²) >= 11 is 0. The predicted octanol–water partition coefficient (Wildman–Crippen LogP) is 2.23. The highest BCUT2D eigenvalue weighted by molar-refractivity contribution is 7.56. The number of rotatable bonds is 3. The Hall–Kier alpha value is -0.430. The number of benzene rings is 1. The molecule has 0 bridgehead atoms. The van der Waals surface area contributed by atoms with Crippen molar-refractivity contribution in [2.75, 3.05) is 14.2 Å². The van der Waals surface area contributed by atoms with Crippen molar-refractivity contribution in [3.8, 4) is 0 Å². The molecule has 0 aliphatic carbocycles. The quantitative estimate of drug-likeness (QED) is 0.670. The number of aryl methyl sites for hydroxylation is 1. The maximum atomic E-state index is 5.21. The molecular formula is C9H13O2P. The molecule has 0 spiro atoms. The summed E-state index contributed by atoms with van der Waals surface area (Å²) < 4.78 is 10.4. The molecule has 0 atom stereocenters. The highest BCUT2D eigenvalue weighted by atomic mass is 31.2.